The maximum Gasteiger partial charge on any atom is 0.225 e. The highest BCUT2D eigenvalue weighted by molar-refractivity contribution is 5.79. The molecule has 0 N–H and O–H groups in total. The Hall–Kier alpha value is -1.06. The minimum atomic E-state index is 0.0531. The number of unbranched alkanes of at least 4 members (excludes halogenated alkanes) is 1. The Morgan fingerprint density at radius 3 is 2.06 bits per heavy atom. The number of nitrogens with zero attached hydrogens (tertiary/aromatic N) is 2. The molecule has 0 radical (unpaired) electrons. The summed E-state index contributed by atoms with van der Waals surface area (Å²) in [4.78, 5) is 27.3. The zero-order valence-electron chi connectivity index (χ0n) is 11.2. The monoisotopic (exact) mass is 240 g/mol. The number of hydrogen-bond acceptors (Lipinski definition) is 2. The third kappa shape index (κ3) is 4.02. The summed E-state index contributed by atoms with van der Waals surface area (Å²) in [6.45, 7) is 8.69. The van der Waals surface area contributed by atoms with Gasteiger partial charge in [0.15, 0.2) is 0 Å². The van der Waals surface area contributed by atoms with Crippen molar-refractivity contribution in [2.75, 3.05) is 26.2 Å². The molecular weight excluding hydrogens is 216 g/mol. The first-order chi connectivity index (χ1) is 8.06. The number of rotatable bonds is 4. The van der Waals surface area contributed by atoms with Crippen LogP contribution in [0.2, 0.25) is 0 Å². The summed E-state index contributed by atoms with van der Waals surface area (Å²) >= 11 is 0. The molecule has 17 heavy (non-hydrogen) atoms. The van der Waals surface area contributed by atoms with Gasteiger partial charge in [-0.1, -0.05) is 27.2 Å². The molecule has 4 nitrogen and oxygen atoms in total. The van der Waals surface area contributed by atoms with Crippen LogP contribution in [0.5, 0.6) is 0 Å². The van der Waals surface area contributed by atoms with Crippen molar-refractivity contribution in [1.82, 2.24) is 9.80 Å². The Morgan fingerprint density at radius 1 is 1.06 bits per heavy atom. The second-order valence-electron chi connectivity index (χ2n) is 4.96. The molecule has 0 bridgehead atoms. The van der Waals surface area contributed by atoms with Crippen LogP contribution in [0.15, 0.2) is 0 Å². The second-order valence-corrected chi connectivity index (χ2v) is 4.96. The third-order valence-electron chi connectivity index (χ3n) is 3.18. The van der Waals surface area contributed by atoms with Crippen molar-refractivity contribution in [3.05, 3.63) is 0 Å². The lowest BCUT2D eigenvalue weighted by Crippen LogP contribution is -2.51. The van der Waals surface area contributed by atoms with E-state index in [2.05, 4.69) is 6.92 Å². The normalized spacial score (nSPS) is 16.5. The van der Waals surface area contributed by atoms with Gasteiger partial charge in [-0.2, -0.15) is 0 Å². The molecule has 1 saturated heterocycles. The number of carbonyl (C=O) groups excluding carboxylic acids is 2. The standard InChI is InChI=1S/C13H24N2O2/c1-4-5-6-12(16)14-7-9-15(10-8-14)13(17)11(2)3/h11H,4-10H2,1-3H3. The van der Waals surface area contributed by atoms with Gasteiger partial charge in [0.1, 0.15) is 0 Å². The van der Waals surface area contributed by atoms with Crippen LogP contribution in [0.25, 0.3) is 0 Å². The van der Waals surface area contributed by atoms with Crippen molar-refractivity contribution in [1.29, 1.82) is 0 Å². The SMILES string of the molecule is CCCCC(=O)N1CCN(C(=O)C(C)C)CC1. The van der Waals surface area contributed by atoms with Crippen LogP contribution in [0.1, 0.15) is 40.0 Å². The highest BCUT2D eigenvalue weighted by Crippen LogP contribution is 2.09. The molecular formula is C13H24N2O2. The van der Waals surface area contributed by atoms with E-state index in [4.69, 9.17) is 0 Å². The molecule has 2 amide bonds. The van der Waals surface area contributed by atoms with E-state index in [0.717, 1.165) is 12.8 Å². The van der Waals surface area contributed by atoms with E-state index in [1.54, 1.807) is 0 Å². The summed E-state index contributed by atoms with van der Waals surface area (Å²) in [6, 6.07) is 0. The Kier molecular flexibility index (Phi) is 5.45. The van der Waals surface area contributed by atoms with Crippen LogP contribution in [-0.2, 0) is 9.59 Å². The molecule has 0 aromatic rings. The Morgan fingerprint density at radius 2 is 1.59 bits per heavy atom. The molecule has 0 aliphatic carbocycles. The van der Waals surface area contributed by atoms with Crippen LogP contribution >= 0.6 is 0 Å². The molecule has 0 aromatic carbocycles. The Balaban J connectivity index is 2.35. The summed E-state index contributed by atoms with van der Waals surface area (Å²) < 4.78 is 0. The quantitative estimate of drug-likeness (QED) is 0.747. The molecule has 0 aromatic heterocycles. The van der Waals surface area contributed by atoms with E-state index in [1.807, 2.05) is 23.6 Å². The van der Waals surface area contributed by atoms with Crippen LogP contribution < -0.4 is 0 Å². The van der Waals surface area contributed by atoms with Gasteiger partial charge in [-0.25, -0.2) is 0 Å². The number of carbonyl (C=O) groups is 2. The second kappa shape index (κ2) is 6.62. The molecule has 0 atom stereocenters. The van der Waals surface area contributed by atoms with E-state index < -0.39 is 0 Å². The first kappa shape index (κ1) is 14.0. The third-order valence-corrected chi connectivity index (χ3v) is 3.18. The molecule has 1 aliphatic rings. The van der Waals surface area contributed by atoms with Gasteiger partial charge in [0.05, 0.1) is 0 Å². The Labute approximate surface area is 104 Å². The summed E-state index contributed by atoms with van der Waals surface area (Å²) in [5.41, 5.74) is 0. The molecule has 1 aliphatic heterocycles. The van der Waals surface area contributed by atoms with E-state index >= 15 is 0 Å². The average Bonchev–Trinajstić information content (AvgIpc) is 2.35. The molecule has 1 rings (SSSR count). The highest BCUT2D eigenvalue weighted by Gasteiger charge is 2.24. The molecule has 0 saturated carbocycles. The fourth-order valence-corrected chi connectivity index (χ4v) is 2.03. The van der Waals surface area contributed by atoms with Gasteiger partial charge in [-0.15, -0.1) is 0 Å². The van der Waals surface area contributed by atoms with E-state index in [9.17, 15) is 9.59 Å². The lowest BCUT2D eigenvalue weighted by Gasteiger charge is -2.35. The largest absolute Gasteiger partial charge is 0.339 e. The van der Waals surface area contributed by atoms with E-state index in [1.165, 1.54) is 0 Å². The lowest BCUT2D eigenvalue weighted by atomic mass is 10.1. The van der Waals surface area contributed by atoms with Crippen LogP contribution in [0.4, 0.5) is 0 Å². The molecule has 0 unspecified atom stereocenters. The lowest BCUT2D eigenvalue weighted by molar-refractivity contribution is -0.141. The van der Waals surface area contributed by atoms with Gasteiger partial charge in [-0.3, -0.25) is 9.59 Å². The topological polar surface area (TPSA) is 40.6 Å². The van der Waals surface area contributed by atoms with Crippen molar-refractivity contribution in [2.45, 2.75) is 40.0 Å². The minimum Gasteiger partial charge on any atom is -0.339 e. The zero-order chi connectivity index (χ0) is 12.8. The maximum absolute atomic E-state index is 11.8. The minimum absolute atomic E-state index is 0.0531. The van der Waals surface area contributed by atoms with Crippen molar-refractivity contribution < 1.29 is 9.59 Å². The summed E-state index contributed by atoms with van der Waals surface area (Å²) in [5, 5.41) is 0. The van der Waals surface area contributed by atoms with Gasteiger partial charge < -0.3 is 9.80 Å². The van der Waals surface area contributed by atoms with Crippen molar-refractivity contribution in [2.24, 2.45) is 5.92 Å². The van der Waals surface area contributed by atoms with Gasteiger partial charge >= 0.3 is 0 Å². The average molecular weight is 240 g/mol. The first-order valence-corrected chi connectivity index (χ1v) is 6.62. The number of amides is 2. The van der Waals surface area contributed by atoms with Gasteiger partial charge in [0.2, 0.25) is 11.8 Å². The molecule has 4 heteroatoms. The van der Waals surface area contributed by atoms with Crippen molar-refractivity contribution in [3.8, 4) is 0 Å². The number of piperazine rings is 1. The van der Waals surface area contributed by atoms with Crippen LogP contribution in [0.3, 0.4) is 0 Å². The summed E-state index contributed by atoms with van der Waals surface area (Å²) in [5.74, 6) is 0.492. The summed E-state index contributed by atoms with van der Waals surface area (Å²) in [7, 11) is 0. The van der Waals surface area contributed by atoms with Crippen LogP contribution in [-0.4, -0.2) is 47.8 Å². The van der Waals surface area contributed by atoms with Crippen LogP contribution in [0, 0.1) is 5.92 Å². The molecule has 0 spiro atoms. The zero-order valence-corrected chi connectivity index (χ0v) is 11.2. The first-order valence-electron chi connectivity index (χ1n) is 6.62. The summed E-state index contributed by atoms with van der Waals surface area (Å²) in [6.07, 6.45) is 2.66. The highest BCUT2D eigenvalue weighted by atomic mass is 16.2. The van der Waals surface area contributed by atoms with Gasteiger partial charge in [-0.05, 0) is 6.42 Å². The fraction of sp³-hybridized carbons (Fsp3) is 0.846. The molecule has 1 fully saturated rings. The molecule has 98 valence electrons. The molecule has 1 heterocycles. The number of hydrogen-bond donors (Lipinski definition) is 0. The predicted molar refractivity (Wildman–Crippen MR) is 67.5 cm³/mol. The van der Waals surface area contributed by atoms with Gasteiger partial charge in [0.25, 0.3) is 0 Å². The Bertz CT molecular complexity index is 269. The van der Waals surface area contributed by atoms with Crippen molar-refractivity contribution in [3.63, 3.8) is 0 Å². The van der Waals surface area contributed by atoms with Gasteiger partial charge in [0, 0.05) is 38.5 Å². The fourth-order valence-electron chi connectivity index (χ4n) is 2.03. The van der Waals surface area contributed by atoms with Crippen molar-refractivity contribution >= 4 is 11.8 Å². The smallest absolute Gasteiger partial charge is 0.225 e. The predicted octanol–water partition coefficient (Wildman–Crippen LogP) is 1.50. The van der Waals surface area contributed by atoms with E-state index in [0.29, 0.717) is 32.6 Å². The maximum atomic E-state index is 11.8. The van der Waals surface area contributed by atoms with E-state index in [-0.39, 0.29) is 17.7 Å².